The molecule has 0 aliphatic rings. The number of hydrogen-bond acceptors (Lipinski definition) is 8. The minimum Gasteiger partial charge on any atom is -0.354 e. The third-order valence-electron chi connectivity index (χ3n) is 4.13. The molecule has 0 aromatic carbocycles. The minimum absolute atomic E-state index is 0.0940. The van der Waals surface area contributed by atoms with Crippen LogP contribution in [-0.4, -0.2) is 42.2 Å². The molecule has 0 saturated heterocycles. The largest absolute Gasteiger partial charge is 0.354 e. The summed E-state index contributed by atoms with van der Waals surface area (Å²) in [4.78, 5) is 29.6. The molecule has 0 fully saturated rings. The highest BCUT2D eigenvalue weighted by molar-refractivity contribution is 7.13. The fourth-order valence-electron chi connectivity index (χ4n) is 2.59. The predicted octanol–water partition coefficient (Wildman–Crippen LogP) is 1.51. The SMILES string of the molecule is Cc1nc([C@@H](N)C(C)C)n(CC(=O)NCCc2csc(-c3ncccn3)n2)n1. The van der Waals surface area contributed by atoms with Gasteiger partial charge in [0.25, 0.3) is 0 Å². The van der Waals surface area contributed by atoms with Crippen molar-refractivity contribution in [1.29, 1.82) is 0 Å². The van der Waals surface area contributed by atoms with Gasteiger partial charge in [0, 0.05) is 30.7 Å². The molecule has 3 N–H and O–H groups in total. The average molecular weight is 401 g/mol. The molecule has 3 aromatic rings. The van der Waals surface area contributed by atoms with Crippen molar-refractivity contribution in [2.45, 2.75) is 39.8 Å². The molecular formula is C18H24N8OS. The van der Waals surface area contributed by atoms with E-state index in [0.717, 1.165) is 10.7 Å². The fraction of sp³-hybridized carbons (Fsp3) is 0.444. The van der Waals surface area contributed by atoms with Crippen LogP contribution in [0.15, 0.2) is 23.8 Å². The standard InChI is InChI=1S/C18H24N8OS/c1-11(2)15(19)17-23-12(3)25-26(17)9-14(27)20-8-5-13-10-28-18(24-13)16-21-6-4-7-22-16/h4,6-7,10-11,15H,5,8-9,19H2,1-3H3,(H,20,27)/t15-/m0/s1. The third kappa shape index (κ3) is 4.96. The van der Waals surface area contributed by atoms with E-state index in [9.17, 15) is 4.79 Å². The van der Waals surface area contributed by atoms with E-state index in [2.05, 4.69) is 30.4 Å². The van der Waals surface area contributed by atoms with Gasteiger partial charge in [-0.05, 0) is 18.9 Å². The van der Waals surface area contributed by atoms with Crippen LogP contribution in [0.5, 0.6) is 0 Å². The lowest BCUT2D eigenvalue weighted by atomic mass is 10.1. The van der Waals surface area contributed by atoms with Crippen molar-refractivity contribution in [2.24, 2.45) is 11.7 Å². The molecule has 1 amide bonds. The van der Waals surface area contributed by atoms with E-state index in [1.54, 1.807) is 30.1 Å². The second-order valence-electron chi connectivity index (χ2n) is 6.76. The lowest BCUT2D eigenvalue weighted by Gasteiger charge is -2.15. The molecule has 3 aromatic heterocycles. The van der Waals surface area contributed by atoms with Crippen molar-refractivity contribution < 1.29 is 4.79 Å². The van der Waals surface area contributed by atoms with Crippen LogP contribution in [0.25, 0.3) is 10.8 Å². The summed E-state index contributed by atoms with van der Waals surface area (Å²) < 4.78 is 1.59. The Bertz CT molecular complexity index is 921. The maximum Gasteiger partial charge on any atom is 0.241 e. The van der Waals surface area contributed by atoms with E-state index in [0.29, 0.717) is 30.4 Å². The second kappa shape index (κ2) is 8.98. The molecule has 9 nitrogen and oxygen atoms in total. The quantitative estimate of drug-likeness (QED) is 0.587. The third-order valence-corrected chi connectivity index (χ3v) is 5.02. The van der Waals surface area contributed by atoms with E-state index in [4.69, 9.17) is 5.73 Å². The van der Waals surface area contributed by atoms with Crippen molar-refractivity contribution in [2.75, 3.05) is 6.54 Å². The highest BCUT2D eigenvalue weighted by atomic mass is 32.1. The van der Waals surface area contributed by atoms with Crippen LogP contribution in [-0.2, 0) is 17.8 Å². The van der Waals surface area contributed by atoms with Gasteiger partial charge >= 0.3 is 0 Å². The van der Waals surface area contributed by atoms with Gasteiger partial charge in [0.05, 0.1) is 11.7 Å². The Balaban J connectivity index is 1.53. The van der Waals surface area contributed by atoms with Gasteiger partial charge in [0.2, 0.25) is 5.91 Å². The molecule has 10 heteroatoms. The molecule has 0 bridgehead atoms. The molecule has 3 heterocycles. The number of aromatic nitrogens is 6. The van der Waals surface area contributed by atoms with Gasteiger partial charge in [0.1, 0.15) is 18.2 Å². The summed E-state index contributed by atoms with van der Waals surface area (Å²) in [7, 11) is 0. The summed E-state index contributed by atoms with van der Waals surface area (Å²) in [5.41, 5.74) is 7.08. The van der Waals surface area contributed by atoms with Crippen LogP contribution in [0.3, 0.4) is 0 Å². The molecule has 0 aliphatic heterocycles. The lowest BCUT2D eigenvalue weighted by Crippen LogP contribution is -2.32. The van der Waals surface area contributed by atoms with E-state index in [-0.39, 0.29) is 24.4 Å². The molecule has 148 valence electrons. The van der Waals surface area contributed by atoms with E-state index in [1.165, 1.54) is 11.3 Å². The summed E-state index contributed by atoms with van der Waals surface area (Å²) in [6.07, 6.45) is 4.01. The van der Waals surface area contributed by atoms with Crippen LogP contribution in [0.4, 0.5) is 0 Å². The number of hydrogen-bond donors (Lipinski definition) is 2. The summed E-state index contributed by atoms with van der Waals surface area (Å²) in [5.74, 6) is 1.92. The van der Waals surface area contributed by atoms with Crippen LogP contribution in [0.2, 0.25) is 0 Å². The first-order chi connectivity index (χ1) is 13.4. The van der Waals surface area contributed by atoms with Gasteiger partial charge in [-0.25, -0.2) is 24.6 Å². The highest BCUT2D eigenvalue weighted by Gasteiger charge is 2.20. The number of rotatable bonds is 8. The van der Waals surface area contributed by atoms with Gasteiger partial charge in [-0.1, -0.05) is 13.8 Å². The first-order valence-corrected chi connectivity index (χ1v) is 9.97. The van der Waals surface area contributed by atoms with Gasteiger partial charge in [-0.2, -0.15) is 5.10 Å². The number of aryl methyl sites for hydroxylation is 1. The molecule has 1 atom stereocenters. The zero-order valence-corrected chi connectivity index (χ0v) is 17.0. The summed E-state index contributed by atoms with van der Waals surface area (Å²) in [6, 6.07) is 1.51. The Labute approximate surface area is 167 Å². The monoisotopic (exact) mass is 400 g/mol. The maximum absolute atomic E-state index is 12.3. The number of carbonyl (C=O) groups excluding carboxylic acids is 1. The number of amides is 1. The van der Waals surface area contributed by atoms with Gasteiger partial charge in [0.15, 0.2) is 10.8 Å². The molecular weight excluding hydrogens is 376 g/mol. The summed E-state index contributed by atoms with van der Waals surface area (Å²) in [5, 5.41) is 9.92. The Kier molecular flexibility index (Phi) is 6.42. The second-order valence-corrected chi connectivity index (χ2v) is 7.62. The van der Waals surface area contributed by atoms with Crippen molar-refractivity contribution >= 4 is 17.2 Å². The normalized spacial score (nSPS) is 12.3. The predicted molar refractivity (Wildman–Crippen MR) is 106 cm³/mol. The van der Waals surface area contributed by atoms with Gasteiger partial charge in [-0.15, -0.1) is 11.3 Å². The molecule has 0 saturated carbocycles. The molecule has 3 rings (SSSR count). The first kappa shape index (κ1) is 20.0. The minimum atomic E-state index is -0.261. The molecule has 0 spiro atoms. The molecule has 0 radical (unpaired) electrons. The molecule has 0 unspecified atom stereocenters. The van der Waals surface area contributed by atoms with E-state index < -0.39 is 0 Å². The van der Waals surface area contributed by atoms with E-state index >= 15 is 0 Å². The number of nitrogens with two attached hydrogens (primary N) is 1. The van der Waals surface area contributed by atoms with Crippen molar-refractivity contribution in [1.82, 2.24) is 35.0 Å². The summed E-state index contributed by atoms with van der Waals surface area (Å²) in [6.45, 7) is 6.40. The van der Waals surface area contributed by atoms with Crippen LogP contribution >= 0.6 is 11.3 Å². The Morgan fingerprint density at radius 1 is 1.29 bits per heavy atom. The maximum atomic E-state index is 12.3. The fourth-order valence-corrected chi connectivity index (χ4v) is 3.39. The van der Waals surface area contributed by atoms with Crippen molar-refractivity contribution in [3.63, 3.8) is 0 Å². The average Bonchev–Trinajstić information content (AvgIpc) is 3.28. The van der Waals surface area contributed by atoms with Crippen molar-refractivity contribution in [3.8, 4) is 10.8 Å². The summed E-state index contributed by atoms with van der Waals surface area (Å²) >= 11 is 1.49. The smallest absolute Gasteiger partial charge is 0.241 e. The van der Waals surface area contributed by atoms with Gasteiger partial charge in [-0.3, -0.25) is 4.79 Å². The molecule has 28 heavy (non-hydrogen) atoms. The van der Waals surface area contributed by atoms with Gasteiger partial charge < -0.3 is 11.1 Å². The Morgan fingerprint density at radius 3 is 2.75 bits per heavy atom. The van der Waals surface area contributed by atoms with Crippen LogP contribution in [0.1, 0.15) is 37.2 Å². The number of nitrogens with zero attached hydrogens (tertiary/aromatic N) is 6. The van der Waals surface area contributed by atoms with Crippen LogP contribution in [0, 0.1) is 12.8 Å². The number of nitrogens with one attached hydrogen (secondary N) is 1. The zero-order chi connectivity index (χ0) is 20.1. The van der Waals surface area contributed by atoms with Crippen LogP contribution < -0.4 is 11.1 Å². The number of thiazole rings is 1. The topological polar surface area (TPSA) is 124 Å². The number of carbonyl (C=O) groups is 1. The highest BCUT2D eigenvalue weighted by Crippen LogP contribution is 2.19. The lowest BCUT2D eigenvalue weighted by molar-refractivity contribution is -0.121. The molecule has 0 aliphatic carbocycles. The Hall–Kier alpha value is -2.72. The Morgan fingerprint density at radius 2 is 2.04 bits per heavy atom. The van der Waals surface area contributed by atoms with E-state index in [1.807, 2.05) is 19.2 Å². The van der Waals surface area contributed by atoms with Crippen molar-refractivity contribution in [3.05, 3.63) is 41.2 Å². The first-order valence-electron chi connectivity index (χ1n) is 9.09. The zero-order valence-electron chi connectivity index (χ0n) is 16.2.